The van der Waals surface area contributed by atoms with Crippen LogP contribution in [0.1, 0.15) is 22.7 Å². The summed E-state index contributed by atoms with van der Waals surface area (Å²) in [5.74, 6) is -1.45. The maximum atomic E-state index is 13.0. The number of Topliss-reactive ketones (excluding diaryl/α,β-unsaturated/α-hetero) is 1. The first-order valence-corrected chi connectivity index (χ1v) is 10.1. The van der Waals surface area contributed by atoms with Gasteiger partial charge in [0.2, 0.25) is 0 Å². The summed E-state index contributed by atoms with van der Waals surface area (Å²) < 4.78 is 0. The quantitative estimate of drug-likeness (QED) is 0.361. The molecule has 0 bridgehead atoms. The Morgan fingerprint density at radius 2 is 1.47 bits per heavy atom. The molecule has 0 aliphatic carbocycles. The second kappa shape index (κ2) is 8.56. The largest absolute Gasteiger partial charge is 0.507 e. The molecule has 1 heterocycles. The zero-order valence-corrected chi connectivity index (χ0v) is 16.9. The fourth-order valence-corrected chi connectivity index (χ4v) is 3.87. The number of hydrogen-bond donors (Lipinski definition) is 1. The molecule has 1 N–H and O–H groups in total. The van der Waals surface area contributed by atoms with Crippen molar-refractivity contribution >= 4 is 29.1 Å². The summed E-state index contributed by atoms with van der Waals surface area (Å²) in [6, 6.07) is 24.9. The zero-order chi connectivity index (χ0) is 21.1. The number of nitrogens with zero attached hydrogens (tertiary/aromatic N) is 1. The number of aliphatic hydroxyl groups excluding tert-OH is 1. The minimum atomic E-state index is -0.677. The third kappa shape index (κ3) is 3.87. The SMILES string of the molecule is O=C1C(=O)N(CCc2ccccc2)[C@@H](c2ccc(Cl)cc2)C1=C(O)c1ccccc1. The van der Waals surface area contributed by atoms with E-state index in [4.69, 9.17) is 11.6 Å². The van der Waals surface area contributed by atoms with E-state index in [2.05, 4.69) is 0 Å². The van der Waals surface area contributed by atoms with Crippen molar-refractivity contribution in [2.24, 2.45) is 0 Å². The number of aliphatic hydroxyl groups is 1. The lowest BCUT2D eigenvalue weighted by Crippen LogP contribution is -2.31. The molecule has 0 unspecified atom stereocenters. The lowest BCUT2D eigenvalue weighted by Gasteiger charge is -2.25. The zero-order valence-electron chi connectivity index (χ0n) is 16.2. The average molecular weight is 418 g/mol. The summed E-state index contributed by atoms with van der Waals surface area (Å²) in [6.45, 7) is 0.355. The smallest absolute Gasteiger partial charge is 0.295 e. The number of amides is 1. The van der Waals surface area contributed by atoms with Crippen LogP contribution in [-0.2, 0) is 16.0 Å². The monoisotopic (exact) mass is 417 g/mol. The van der Waals surface area contributed by atoms with Crippen LogP contribution in [0.2, 0.25) is 5.02 Å². The van der Waals surface area contributed by atoms with Gasteiger partial charge in [-0.25, -0.2) is 0 Å². The molecular formula is C25H20ClNO3. The van der Waals surface area contributed by atoms with Gasteiger partial charge in [-0.05, 0) is 29.7 Å². The molecule has 0 saturated carbocycles. The molecule has 1 amide bonds. The molecule has 1 saturated heterocycles. The van der Waals surface area contributed by atoms with Gasteiger partial charge in [-0.2, -0.15) is 0 Å². The van der Waals surface area contributed by atoms with Gasteiger partial charge >= 0.3 is 0 Å². The Hall–Kier alpha value is -3.37. The molecule has 0 radical (unpaired) electrons. The van der Waals surface area contributed by atoms with E-state index < -0.39 is 17.7 Å². The second-order valence-electron chi connectivity index (χ2n) is 7.15. The van der Waals surface area contributed by atoms with Crippen molar-refractivity contribution in [2.75, 3.05) is 6.54 Å². The van der Waals surface area contributed by atoms with Crippen molar-refractivity contribution in [3.05, 3.63) is 112 Å². The highest BCUT2D eigenvalue weighted by molar-refractivity contribution is 6.46. The Kier molecular flexibility index (Phi) is 5.68. The van der Waals surface area contributed by atoms with Crippen LogP contribution < -0.4 is 0 Å². The molecule has 1 fully saturated rings. The summed E-state index contributed by atoms with van der Waals surface area (Å²) in [5.41, 5.74) is 2.39. The summed E-state index contributed by atoms with van der Waals surface area (Å²) >= 11 is 6.04. The van der Waals surface area contributed by atoms with Crippen molar-refractivity contribution < 1.29 is 14.7 Å². The van der Waals surface area contributed by atoms with Crippen LogP contribution >= 0.6 is 11.6 Å². The van der Waals surface area contributed by atoms with Crippen molar-refractivity contribution in [1.82, 2.24) is 4.90 Å². The molecule has 3 aromatic rings. The third-order valence-corrected chi connectivity index (χ3v) is 5.51. The Bertz CT molecular complexity index is 1090. The van der Waals surface area contributed by atoms with Gasteiger partial charge in [0.05, 0.1) is 11.6 Å². The number of halogens is 1. The number of carbonyl (C=O) groups is 2. The lowest BCUT2D eigenvalue weighted by molar-refractivity contribution is -0.139. The van der Waals surface area contributed by atoms with Crippen LogP contribution in [0.15, 0.2) is 90.5 Å². The summed E-state index contributed by atoms with van der Waals surface area (Å²) in [5, 5.41) is 11.5. The van der Waals surface area contributed by atoms with Crippen molar-refractivity contribution in [1.29, 1.82) is 0 Å². The fourth-order valence-electron chi connectivity index (χ4n) is 3.75. The van der Waals surface area contributed by atoms with Gasteiger partial charge in [-0.15, -0.1) is 0 Å². The highest BCUT2D eigenvalue weighted by Gasteiger charge is 2.45. The van der Waals surface area contributed by atoms with E-state index in [0.29, 0.717) is 23.6 Å². The van der Waals surface area contributed by atoms with E-state index in [0.717, 1.165) is 11.1 Å². The molecule has 1 aliphatic rings. The van der Waals surface area contributed by atoms with Crippen molar-refractivity contribution in [2.45, 2.75) is 12.5 Å². The molecular weight excluding hydrogens is 398 g/mol. The highest BCUT2D eigenvalue weighted by Crippen LogP contribution is 2.39. The molecule has 4 rings (SSSR count). The first-order chi connectivity index (χ1) is 14.6. The van der Waals surface area contributed by atoms with Gasteiger partial charge < -0.3 is 10.0 Å². The van der Waals surface area contributed by atoms with Crippen LogP contribution in [0.3, 0.4) is 0 Å². The molecule has 0 aromatic heterocycles. The van der Waals surface area contributed by atoms with Gasteiger partial charge in [0.25, 0.3) is 11.7 Å². The summed E-state index contributed by atoms with van der Waals surface area (Å²) in [7, 11) is 0. The normalized spacial score (nSPS) is 18.0. The second-order valence-corrected chi connectivity index (χ2v) is 7.58. The highest BCUT2D eigenvalue weighted by atomic mass is 35.5. The first-order valence-electron chi connectivity index (χ1n) is 9.69. The molecule has 0 spiro atoms. The molecule has 5 heteroatoms. The third-order valence-electron chi connectivity index (χ3n) is 5.26. The van der Waals surface area contributed by atoms with E-state index in [-0.39, 0.29) is 11.3 Å². The number of carbonyl (C=O) groups excluding carboxylic acids is 2. The average Bonchev–Trinajstić information content (AvgIpc) is 3.04. The van der Waals surface area contributed by atoms with Crippen molar-refractivity contribution in [3.63, 3.8) is 0 Å². The molecule has 1 aliphatic heterocycles. The minimum Gasteiger partial charge on any atom is -0.507 e. The number of ketones is 1. The maximum Gasteiger partial charge on any atom is 0.295 e. The standard InChI is InChI=1S/C25H20ClNO3/c26-20-13-11-18(12-14-20)22-21(23(28)19-9-5-2-6-10-19)24(29)25(30)27(22)16-15-17-7-3-1-4-8-17/h1-14,22,28H,15-16H2/t22-/m0/s1. The van der Waals surface area contributed by atoms with Gasteiger partial charge in [0.15, 0.2) is 0 Å². The minimum absolute atomic E-state index is 0.0987. The van der Waals surface area contributed by atoms with Gasteiger partial charge in [0.1, 0.15) is 5.76 Å². The number of hydrogen-bond acceptors (Lipinski definition) is 3. The number of rotatable bonds is 5. The first kappa shape index (κ1) is 19.9. The summed E-state index contributed by atoms with van der Waals surface area (Å²) in [6.07, 6.45) is 0.601. The molecule has 150 valence electrons. The van der Waals surface area contributed by atoms with Gasteiger partial charge in [-0.3, -0.25) is 9.59 Å². The topological polar surface area (TPSA) is 57.6 Å². The van der Waals surface area contributed by atoms with E-state index in [1.807, 2.05) is 36.4 Å². The molecule has 3 aromatic carbocycles. The van der Waals surface area contributed by atoms with Crippen LogP contribution in [0.25, 0.3) is 5.76 Å². The van der Waals surface area contributed by atoms with E-state index in [1.54, 1.807) is 48.5 Å². The van der Waals surface area contributed by atoms with E-state index >= 15 is 0 Å². The van der Waals surface area contributed by atoms with Gasteiger partial charge in [0, 0.05) is 17.1 Å². The molecule has 30 heavy (non-hydrogen) atoms. The predicted molar refractivity (Wildman–Crippen MR) is 117 cm³/mol. The van der Waals surface area contributed by atoms with Gasteiger partial charge in [-0.1, -0.05) is 84.4 Å². The van der Waals surface area contributed by atoms with Crippen LogP contribution in [-0.4, -0.2) is 28.2 Å². The van der Waals surface area contributed by atoms with Crippen LogP contribution in [0, 0.1) is 0 Å². The van der Waals surface area contributed by atoms with Crippen LogP contribution in [0.5, 0.6) is 0 Å². The number of benzene rings is 3. The Morgan fingerprint density at radius 3 is 2.10 bits per heavy atom. The Balaban J connectivity index is 1.78. The molecule has 4 nitrogen and oxygen atoms in total. The summed E-state index contributed by atoms with van der Waals surface area (Å²) in [4.78, 5) is 27.4. The fraction of sp³-hybridized carbons (Fsp3) is 0.120. The lowest BCUT2D eigenvalue weighted by atomic mass is 9.95. The van der Waals surface area contributed by atoms with E-state index in [9.17, 15) is 14.7 Å². The maximum absolute atomic E-state index is 13.0. The number of likely N-dealkylation sites (tertiary alicyclic amines) is 1. The van der Waals surface area contributed by atoms with E-state index in [1.165, 1.54) is 4.90 Å². The Morgan fingerprint density at radius 1 is 0.867 bits per heavy atom. The van der Waals surface area contributed by atoms with Crippen LogP contribution in [0.4, 0.5) is 0 Å². The predicted octanol–water partition coefficient (Wildman–Crippen LogP) is 5.00. The molecule has 1 atom stereocenters. The van der Waals surface area contributed by atoms with Crippen molar-refractivity contribution in [3.8, 4) is 0 Å². The Labute approximate surface area is 180 Å².